The molecule has 13 rings (SSSR count). The van der Waals surface area contributed by atoms with Crippen LogP contribution in [0.4, 0.5) is 0 Å². The zero-order valence-corrected chi connectivity index (χ0v) is 33.4. The molecule has 62 heavy (non-hydrogen) atoms. The van der Waals surface area contributed by atoms with Crippen LogP contribution in [0.2, 0.25) is 0 Å². The van der Waals surface area contributed by atoms with E-state index < -0.39 is 0 Å². The highest BCUT2D eigenvalue weighted by Crippen LogP contribution is 2.49. The van der Waals surface area contributed by atoms with Crippen LogP contribution in [-0.4, -0.2) is 24.1 Å². The first-order chi connectivity index (χ1) is 30.8. The van der Waals surface area contributed by atoms with Crippen molar-refractivity contribution in [2.75, 3.05) is 0 Å². The molecule has 288 valence electrons. The standard InChI is InChI=1S/C57H35N5/c1-4-18-37(19-5-1)55-58-56(38-20-6-2-7-21-38)60-57(59-55)39-22-16-25-41(35-39)62-48-29-14-12-27-45(48)51-50-44-32-31-36-17-10-11-26-42(36)43(44)33-34-47(50)53-52(54(51)62)46-28-13-15-30-49(46)61(53)40-23-8-3-9-24-40/h1-35H. The van der Waals surface area contributed by atoms with Crippen LogP contribution in [0.15, 0.2) is 212 Å². The normalized spacial score (nSPS) is 11.9. The van der Waals surface area contributed by atoms with Crippen LogP contribution in [0.25, 0.3) is 121 Å². The summed E-state index contributed by atoms with van der Waals surface area (Å²) in [6, 6.07) is 75.7. The smallest absolute Gasteiger partial charge is 0.164 e. The van der Waals surface area contributed by atoms with E-state index in [2.05, 4.69) is 185 Å². The van der Waals surface area contributed by atoms with Crippen LogP contribution in [0.3, 0.4) is 0 Å². The molecular formula is C57H35N5. The summed E-state index contributed by atoms with van der Waals surface area (Å²) in [5.41, 5.74) is 9.60. The molecule has 3 heterocycles. The molecule has 0 spiro atoms. The highest BCUT2D eigenvalue weighted by Gasteiger charge is 2.26. The van der Waals surface area contributed by atoms with Crippen molar-refractivity contribution in [3.63, 3.8) is 0 Å². The van der Waals surface area contributed by atoms with Crippen LogP contribution in [-0.2, 0) is 0 Å². The summed E-state index contributed by atoms with van der Waals surface area (Å²) >= 11 is 0. The van der Waals surface area contributed by atoms with Crippen LogP contribution >= 0.6 is 0 Å². The molecule has 0 aliphatic carbocycles. The van der Waals surface area contributed by atoms with E-state index in [9.17, 15) is 0 Å². The van der Waals surface area contributed by atoms with Crippen molar-refractivity contribution >= 4 is 75.9 Å². The lowest BCUT2D eigenvalue weighted by Gasteiger charge is -2.15. The Morgan fingerprint density at radius 2 is 0.758 bits per heavy atom. The van der Waals surface area contributed by atoms with Crippen molar-refractivity contribution in [1.29, 1.82) is 0 Å². The lowest BCUT2D eigenvalue weighted by atomic mass is 9.92. The van der Waals surface area contributed by atoms with Gasteiger partial charge in [-0.05, 0) is 57.9 Å². The zero-order chi connectivity index (χ0) is 40.7. The maximum absolute atomic E-state index is 5.14. The lowest BCUT2D eigenvalue weighted by Crippen LogP contribution is -2.01. The minimum absolute atomic E-state index is 0.620. The summed E-state index contributed by atoms with van der Waals surface area (Å²) in [6.45, 7) is 0. The molecule has 0 fully saturated rings. The van der Waals surface area contributed by atoms with Crippen molar-refractivity contribution < 1.29 is 0 Å². The minimum Gasteiger partial charge on any atom is -0.309 e. The first-order valence-corrected chi connectivity index (χ1v) is 21.0. The van der Waals surface area contributed by atoms with Gasteiger partial charge in [0.25, 0.3) is 0 Å². The average Bonchev–Trinajstić information content (AvgIpc) is 3.88. The van der Waals surface area contributed by atoms with Gasteiger partial charge in [-0.2, -0.15) is 0 Å². The van der Waals surface area contributed by atoms with Gasteiger partial charge in [-0.3, -0.25) is 0 Å². The Hall–Kier alpha value is -8.41. The molecule has 0 radical (unpaired) electrons. The Balaban J connectivity index is 1.19. The number of benzene rings is 10. The second-order valence-electron chi connectivity index (χ2n) is 15.9. The van der Waals surface area contributed by atoms with E-state index in [0.717, 1.165) is 33.6 Å². The van der Waals surface area contributed by atoms with Gasteiger partial charge in [0.05, 0.1) is 22.1 Å². The highest BCUT2D eigenvalue weighted by molar-refractivity contribution is 6.41. The van der Waals surface area contributed by atoms with Crippen molar-refractivity contribution in [2.24, 2.45) is 0 Å². The Kier molecular flexibility index (Phi) is 7.54. The maximum atomic E-state index is 5.14. The number of aromatic nitrogens is 5. The Morgan fingerprint density at radius 3 is 1.44 bits per heavy atom. The molecule has 5 nitrogen and oxygen atoms in total. The molecular weight excluding hydrogens is 755 g/mol. The highest BCUT2D eigenvalue weighted by atomic mass is 15.0. The third kappa shape index (κ3) is 5.12. The monoisotopic (exact) mass is 789 g/mol. The number of hydrogen-bond acceptors (Lipinski definition) is 3. The van der Waals surface area contributed by atoms with E-state index in [-0.39, 0.29) is 0 Å². The Bertz CT molecular complexity index is 3850. The predicted octanol–water partition coefficient (Wildman–Crippen LogP) is 14.5. The fourth-order valence-corrected chi connectivity index (χ4v) is 9.85. The maximum Gasteiger partial charge on any atom is 0.164 e. The number of hydrogen-bond donors (Lipinski definition) is 0. The largest absolute Gasteiger partial charge is 0.309 e. The topological polar surface area (TPSA) is 48.5 Å². The van der Waals surface area contributed by atoms with E-state index in [1.54, 1.807) is 0 Å². The summed E-state index contributed by atoms with van der Waals surface area (Å²) in [6.07, 6.45) is 0. The van der Waals surface area contributed by atoms with E-state index in [4.69, 9.17) is 15.0 Å². The van der Waals surface area contributed by atoms with Gasteiger partial charge in [-0.15, -0.1) is 0 Å². The van der Waals surface area contributed by atoms with E-state index >= 15 is 0 Å². The van der Waals surface area contributed by atoms with E-state index in [1.807, 2.05) is 36.4 Å². The summed E-state index contributed by atoms with van der Waals surface area (Å²) in [4.78, 5) is 15.3. The van der Waals surface area contributed by atoms with Crippen LogP contribution in [0.5, 0.6) is 0 Å². The van der Waals surface area contributed by atoms with Crippen molar-refractivity contribution in [2.45, 2.75) is 0 Å². The molecule has 0 bridgehead atoms. The molecule has 0 aliphatic heterocycles. The second kappa shape index (κ2) is 13.6. The van der Waals surface area contributed by atoms with Gasteiger partial charge in [0.2, 0.25) is 0 Å². The predicted molar refractivity (Wildman–Crippen MR) is 257 cm³/mol. The lowest BCUT2D eigenvalue weighted by molar-refractivity contribution is 1.07. The molecule has 0 aliphatic rings. The number of para-hydroxylation sites is 3. The molecule has 13 aromatic rings. The zero-order valence-electron chi connectivity index (χ0n) is 33.4. The molecule has 0 saturated carbocycles. The first-order valence-electron chi connectivity index (χ1n) is 21.0. The van der Waals surface area contributed by atoms with Gasteiger partial charge in [0.1, 0.15) is 0 Å². The van der Waals surface area contributed by atoms with Crippen LogP contribution in [0.1, 0.15) is 0 Å². The molecule has 0 saturated heterocycles. The van der Waals surface area contributed by atoms with E-state index in [0.29, 0.717) is 17.5 Å². The summed E-state index contributed by atoms with van der Waals surface area (Å²) in [5.74, 6) is 1.89. The third-order valence-corrected chi connectivity index (χ3v) is 12.5. The Labute approximate surface area is 356 Å². The fourth-order valence-electron chi connectivity index (χ4n) is 9.85. The number of rotatable bonds is 5. The number of nitrogens with zero attached hydrogens (tertiary/aromatic N) is 5. The summed E-state index contributed by atoms with van der Waals surface area (Å²) in [5, 5.41) is 12.3. The third-order valence-electron chi connectivity index (χ3n) is 12.5. The van der Waals surface area contributed by atoms with Crippen molar-refractivity contribution in [3.8, 4) is 45.5 Å². The van der Waals surface area contributed by atoms with Crippen molar-refractivity contribution in [1.82, 2.24) is 24.1 Å². The van der Waals surface area contributed by atoms with Gasteiger partial charge >= 0.3 is 0 Å². The van der Waals surface area contributed by atoms with Gasteiger partial charge in [-0.25, -0.2) is 15.0 Å². The molecule has 0 amide bonds. The first kappa shape index (κ1) is 34.5. The number of fused-ring (bicyclic) bond motifs is 14. The van der Waals surface area contributed by atoms with E-state index in [1.165, 1.54) is 70.4 Å². The van der Waals surface area contributed by atoms with Gasteiger partial charge in [0, 0.05) is 60.4 Å². The van der Waals surface area contributed by atoms with Crippen molar-refractivity contribution in [3.05, 3.63) is 212 Å². The van der Waals surface area contributed by atoms with Gasteiger partial charge in [-0.1, -0.05) is 176 Å². The van der Waals surface area contributed by atoms with Crippen LogP contribution in [0, 0.1) is 0 Å². The molecule has 3 aromatic heterocycles. The SMILES string of the molecule is c1ccc(-c2nc(-c3ccccc3)nc(-c3cccc(-n4c5ccccc5c5c6c7ccc8ccccc8c7ccc6c6c(c7ccccc7n6-c6ccccc6)c54)c3)n2)cc1. The summed E-state index contributed by atoms with van der Waals surface area (Å²) < 4.78 is 4.95. The second-order valence-corrected chi connectivity index (χ2v) is 15.9. The molecule has 0 atom stereocenters. The van der Waals surface area contributed by atoms with Gasteiger partial charge in [0.15, 0.2) is 17.5 Å². The van der Waals surface area contributed by atoms with Gasteiger partial charge < -0.3 is 9.13 Å². The molecule has 0 unspecified atom stereocenters. The quantitative estimate of drug-likeness (QED) is 0.163. The minimum atomic E-state index is 0.620. The summed E-state index contributed by atoms with van der Waals surface area (Å²) in [7, 11) is 0. The molecule has 5 heteroatoms. The fraction of sp³-hybridized carbons (Fsp3) is 0. The Morgan fingerprint density at radius 1 is 0.274 bits per heavy atom. The average molecular weight is 790 g/mol. The molecule has 0 N–H and O–H groups in total. The molecule has 10 aromatic carbocycles. The van der Waals surface area contributed by atoms with Crippen LogP contribution < -0.4 is 0 Å².